The minimum atomic E-state index is -0.699. The molecule has 1 aliphatic rings. The summed E-state index contributed by atoms with van der Waals surface area (Å²) in [7, 11) is 0. The second-order valence-corrected chi connectivity index (χ2v) is 5.09. The van der Waals surface area contributed by atoms with Gasteiger partial charge >= 0.3 is 5.97 Å². The van der Waals surface area contributed by atoms with E-state index in [1.165, 1.54) is 5.56 Å². The number of aliphatic carboxylic acids is 1. The maximum Gasteiger partial charge on any atom is 0.308 e. The van der Waals surface area contributed by atoms with Crippen molar-refractivity contribution in [1.29, 1.82) is 0 Å². The average Bonchev–Trinajstić information content (AvgIpc) is 2.17. The summed E-state index contributed by atoms with van der Waals surface area (Å²) in [6, 6.07) is 6.07. The number of hydrogen-bond acceptors (Lipinski definition) is 2. The highest BCUT2D eigenvalue weighted by atomic mass is 79.9. The van der Waals surface area contributed by atoms with Gasteiger partial charge in [0.25, 0.3) is 0 Å². The van der Waals surface area contributed by atoms with E-state index in [4.69, 9.17) is 5.11 Å². The second-order valence-electron chi connectivity index (χ2n) is 4.24. The van der Waals surface area contributed by atoms with Crippen LogP contribution in [0.25, 0.3) is 0 Å². The SMILES string of the molecule is Cc1ccc(NC2CCC2C(=O)O)cc1Br. The van der Waals surface area contributed by atoms with E-state index in [-0.39, 0.29) is 12.0 Å². The summed E-state index contributed by atoms with van der Waals surface area (Å²) >= 11 is 3.46. The second kappa shape index (κ2) is 4.45. The molecule has 2 N–H and O–H groups in total. The molecule has 4 heteroatoms. The summed E-state index contributed by atoms with van der Waals surface area (Å²) in [4.78, 5) is 10.9. The molecule has 1 aromatic carbocycles. The summed E-state index contributed by atoms with van der Waals surface area (Å²) in [5.41, 5.74) is 2.15. The molecule has 1 aliphatic carbocycles. The Kier molecular flexibility index (Phi) is 3.19. The Morgan fingerprint density at radius 1 is 1.50 bits per heavy atom. The molecule has 2 atom stereocenters. The van der Waals surface area contributed by atoms with E-state index in [0.29, 0.717) is 0 Å². The average molecular weight is 284 g/mol. The van der Waals surface area contributed by atoms with Crippen molar-refractivity contribution in [3.05, 3.63) is 28.2 Å². The molecular formula is C12H14BrNO2. The molecule has 0 amide bonds. The molecule has 1 aromatic rings. The Labute approximate surface area is 103 Å². The first-order valence-electron chi connectivity index (χ1n) is 5.33. The number of hydrogen-bond donors (Lipinski definition) is 2. The normalized spacial score (nSPS) is 23.6. The number of anilines is 1. The first-order valence-corrected chi connectivity index (χ1v) is 6.12. The molecule has 16 heavy (non-hydrogen) atoms. The van der Waals surface area contributed by atoms with Gasteiger partial charge in [0, 0.05) is 16.2 Å². The third-order valence-electron chi connectivity index (χ3n) is 3.12. The lowest BCUT2D eigenvalue weighted by molar-refractivity contribution is -0.144. The van der Waals surface area contributed by atoms with Gasteiger partial charge in [-0.15, -0.1) is 0 Å². The molecule has 0 aliphatic heterocycles. The van der Waals surface area contributed by atoms with Crippen LogP contribution in [0.15, 0.2) is 22.7 Å². The molecular weight excluding hydrogens is 270 g/mol. The smallest absolute Gasteiger partial charge is 0.308 e. The van der Waals surface area contributed by atoms with Crippen LogP contribution in [0.3, 0.4) is 0 Å². The van der Waals surface area contributed by atoms with E-state index in [9.17, 15) is 4.79 Å². The van der Waals surface area contributed by atoms with Gasteiger partial charge in [0.1, 0.15) is 0 Å². The van der Waals surface area contributed by atoms with Crippen LogP contribution in [0.1, 0.15) is 18.4 Å². The molecule has 1 saturated carbocycles. The van der Waals surface area contributed by atoms with Gasteiger partial charge in [0.15, 0.2) is 0 Å². The summed E-state index contributed by atoms with van der Waals surface area (Å²) in [6.07, 6.45) is 1.71. The number of carboxylic acid groups (broad SMARTS) is 1. The van der Waals surface area contributed by atoms with Gasteiger partial charge in [-0.2, -0.15) is 0 Å². The number of benzene rings is 1. The van der Waals surface area contributed by atoms with Crippen molar-refractivity contribution in [2.45, 2.75) is 25.8 Å². The minimum absolute atomic E-state index is 0.0760. The quantitative estimate of drug-likeness (QED) is 0.897. The Hall–Kier alpha value is -1.03. The van der Waals surface area contributed by atoms with Crippen molar-refractivity contribution in [3.63, 3.8) is 0 Å². The number of carbonyl (C=O) groups is 1. The topological polar surface area (TPSA) is 49.3 Å². The minimum Gasteiger partial charge on any atom is -0.481 e. The maximum atomic E-state index is 10.9. The number of carboxylic acids is 1. The molecule has 2 rings (SSSR count). The van der Waals surface area contributed by atoms with Gasteiger partial charge in [-0.1, -0.05) is 22.0 Å². The lowest BCUT2D eigenvalue weighted by Crippen LogP contribution is -2.42. The van der Waals surface area contributed by atoms with E-state index in [1.54, 1.807) is 0 Å². The lowest BCUT2D eigenvalue weighted by Gasteiger charge is -2.34. The van der Waals surface area contributed by atoms with Crippen molar-refractivity contribution in [2.24, 2.45) is 5.92 Å². The van der Waals surface area contributed by atoms with Crippen LogP contribution in [0.5, 0.6) is 0 Å². The zero-order chi connectivity index (χ0) is 11.7. The summed E-state index contributed by atoms with van der Waals surface area (Å²) in [5.74, 6) is -0.935. The predicted octanol–water partition coefficient (Wildman–Crippen LogP) is 3.03. The van der Waals surface area contributed by atoms with Crippen LogP contribution < -0.4 is 5.32 Å². The van der Waals surface area contributed by atoms with E-state index < -0.39 is 5.97 Å². The fourth-order valence-electron chi connectivity index (χ4n) is 1.87. The first-order chi connectivity index (χ1) is 7.58. The van der Waals surface area contributed by atoms with Crippen molar-refractivity contribution in [2.75, 3.05) is 5.32 Å². The third-order valence-corrected chi connectivity index (χ3v) is 3.97. The molecule has 0 radical (unpaired) electrons. The van der Waals surface area contributed by atoms with Crippen molar-refractivity contribution in [3.8, 4) is 0 Å². The van der Waals surface area contributed by atoms with Gasteiger partial charge in [0.2, 0.25) is 0 Å². The molecule has 3 nitrogen and oxygen atoms in total. The van der Waals surface area contributed by atoms with Crippen LogP contribution in [0.4, 0.5) is 5.69 Å². The van der Waals surface area contributed by atoms with E-state index >= 15 is 0 Å². The summed E-state index contributed by atoms with van der Waals surface area (Å²) in [6.45, 7) is 2.03. The zero-order valence-corrected chi connectivity index (χ0v) is 10.6. The maximum absolute atomic E-state index is 10.9. The molecule has 86 valence electrons. The van der Waals surface area contributed by atoms with E-state index in [1.807, 2.05) is 25.1 Å². The van der Waals surface area contributed by atoms with Crippen LogP contribution in [-0.4, -0.2) is 17.1 Å². The number of rotatable bonds is 3. The van der Waals surface area contributed by atoms with Crippen LogP contribution in [0, 0.1) is 12.8 Å². The number of nitrogens with one attached hydrogen (secondary N) is 1. The Morgan fingerprint density at radius 2 is 2.25 bits per heavy atom. The zero-order valence-electron chi connectivity index (χ0n) is 9.03. The number of aryl methyl sites for hydroxylation is 1. The van der Waals surface area contributed by atoms with Gasteiger partial charge in [-0.3, -0.25) is 4.79 Å². The van der Waals surface area contributed by atoms with Gasteiger partial charge < -0.3 is 10.4 Å². The molecule has 0 heterocycles. The molecule has 0 aromatic heterocycles. The van der Waals surface area contributed by atoms with E-state index in [0.717, 1.165) is 23.0 Å². The largest absolute Gasteiger partial charge is 0.481 e. The Balaban J connectivity index is 2.04. The van der Waals surface area contributed by atoms with Crippen molar-refractivity contribution >= 4 is 27.6 Å². The van der Waals surface area contributed by atoms with Gasteiger partial charge in [-0.05, 0) is 37.5 Å². The van der Waals surface area contributed by atoms with E-state index in [2.05, 4.69) is 21.2 Å². The standard InChI is InChI=1S/C12H14BrNO2/c1-7-2-3-8(6-10(7)13)14-11-5-4-9(11)12(15)16/h2-3,6,9,11,14H,4-5H2,1H3,(H,15,16). The predicted molar refractivity (Wildman–Crippen MR) is 66.6 cm³/mol. The highest BCUT2D eigenvalue weighted by molar-refractivity contribution is 9.10. The van der Waals surface area contributed by atoms with Crippen LogP contribution in [0.2, 0.25) is 0 Å². The van der Waals surface area contributed by atoms with Gasteiger partial charge in [-0.25, -0.2) is 0 Å². The lowest BCUT2D eigenvalue weighted by atomic mass is 9.79. The van der Waals surface area contributed by atoms with Gasteiger partial charge in [0.05, 0.1) is 5.92 Å². The molecule has 0 saturated heterocycles. The molecule has 0 spiro atoms. The Bertz CT molecular complexity index is 419. The molecule has 2 unspecified atom stereocenters. The molecule has 0 bridgehead atoms. The summed E-state index contributed by atoms with van der Waals surface area (Å²) < 4.78 is 1.05. The highest BCUT2D eigenvalue weighted by Crippen LogP contribution is 2.31. The number of halogens is 1. The first kappa shape index (κ1) is 11.5. The van der Waals surface area contributed by atoms with Crippen molar-refractivity contribution in [1.82, 2.24) is 0 Å². The van der Waals surface area contributed by atoms with Crippen LogP contribution >= 0.6 is 15.9 Å². The molecule has 1 fully saturated rings. The highest BCUT2D eigenvalue weighted by Gasteiger charge is 2.36. The third kappa shape index (κ3) is 2.21. The summed E-state index contributed by atoms with van der Waals surface area (Å²) in [5, 5.41) is 12.2. The monoisotopic (exact) mass is 283 g/mol. The Morgan fingerprint density at radius 3 is 2.75 bits per heavy atom. The fourth-order valence-corrected chi connectivity index (χ4v) is 2.24. The van der Waals surface area contributed by atoms with Crippen LogP contribution in [-0.2, 0) is 4.79 Å². The fraction of sp³-hybridized carbons (Fsp3) is 0.417. The van der Waals surface area contributed by atoms with Crippen molar-refractivity contribution < 1.29 is 9.90 Å².